The Labute approximate surface area is 100 Å². The van der Waals surface area contributed by atoms with Gasteiger partial charge in [-0.2, -0.15) is 6.07 Å². The van der Waals surface area contributed by atoms with Gasteiger partial charge in [-0.15, -0.1) is 6.07 Å². The minimum atomic E-state index is -1.31. The van der Waals surface area contributed by atoms with E-state index in [4.69, 9.17) is 10.2 Å². The van der Waals surface area contributed by atoms with Crippen LogP contribution in [0.4, 0.5) is 0 Å². The van der Waals surface area contributed by atoms with Gasteiger partial charge in [-0.25, -0.2) is 0 Å². The van der Waals surface area contributed by atoms with Crippen LogP contribution >= 0.6 is 0 Å². The zero-order valence-electron chi connectivity index (χ0n) is 7.27. The van der Waals surface area contributed by atoms with Crippen LogP contribution in [0.25, 0.3) is 0 Å². The van der Waals surface area contributed by atoms with E-state index < -0.39 is 18.4 Å². The summed E-state index contributed by atoms with van der Waals surface area (Å²) in [5.74, 6) is -2.62. The van der Waals surface area contributed by atoms with Crippen molar-refractivity contribution in [3.05, 3.63) is 24.7 Å². The van der Waals surface area contributed by atoms with E-state index in [1.54, 1.807) is 18.4 Å². The molecular formula is C7H9CdO6-. The summed E-state index contributed by atoms with van der Waals surface area (Å²) in [6, 6.07) is 3.49. The zero-order valence-corrected chi connectivity index (χ0v) is 11.3. The molecule has 0 atom stereocenters. The average molecular weight is 302 g/mol. The standard InChI is InChI=1S/C4H3O.C3H4O4.Cd.H2O/c1-2-4-5-3-1;4-2(5)1-3(6)7;;/h1-3H;1H2,(H,4,5)(H,6,7);;1H2/q-1;;;. The maximum absolute atomic E-state index is 9.43. The van der Waals surface area contributed by atoms with Crippen LogP contribution in [0.15, 0.2) is 22.8 Å². The summed E-state index contributed by atoms with van der Waals surface area (Å²) in [6.45, 7) is 0. The van der Waals surface area contributed by atoms with Gasteiger partial charge >= 0.3 is 11.9 Å². The number of rotatable bonds is 2. The number of carboxylic acids is 2. The van der Waals surface area contributed by atoms with Gasteiger partial charge in [0, 0.05) is 27.3 Å². The van der Waals surface area contributed by atoms with Crippen molar-refractivity contribution in [2.45, 2.75) is 6.42 Å². The molecule has 0 saturated carbocycles. The van der Waals surface area contributed by atoms with Gasteiger partial charge in [0.1, 0.15) is 6.42 Å². The average Bonchev–Trinajstić information content (AvgIpc) is 2.36. The van der Waals surface area contributed by atoms with Crippen LogP contribution in [0.1, 0.15) is 6.42 Å². The molecule has 0 aliphatic rings. The predicted molar refractivity (Wildman–Crippen MR) is 41.0 cm³/mol. The van der Waals surface area contributed by atoms with Gasteiger partial charge in [0.25, 0.3) is 0 Å². The fourth-order valence-corrected chi connectivity index (χ4v) is 0.326. The molecule has 0 radical (unpaired) electrons. The smallest absolute Gasteiger partial charge is 0.314 e. The van der Waals surface area contributed by atoms with Crippen molar-refractivity contribution >= 4 is 11.9 Å². The molecule has 1 rings (SSSR count). The van der Waals surface area contributed by atoms with E-state index in [9.17, 15) is 9.59 Å². The molecule has 14 heavy (non-hydrogen) atoms. The van der Waals surface area contributed by atoms with Crippen LogP contribution in [-0.4, -0.2) is 27.6 Å². The fraction of sp³-hybridized carbons (Fsp3) is 0.143. The quantitative estimate of drug-likeness (QED) is 0.445. The minimum absolute atomic E-state index is 0. The number of carbonyl (C=O) groups is 2. The van der Waals surface area contributed by atoms with Gasteiger partial charge in [-0.3, -0.25) is 9.59 Å². The second-order valence-corrected chi connectivity index (χ2v) is 1.70. The van der Waals surface area contributed by atoms with Crippen molar-refractivity contribution < 1.29 is 57.0 Å². The molecule has 0 unspecified atom stereocenters. The Kier molecular flexibility index (Phi) is 16.3. The number of carboxylic acid groups (broad SMARTS) is 2. The third-order valence-corrected chi connectivity index (χ3v) is 0.681. The predicted octanol–water partition coefficient (Wildman–Crippen LogP) is -0.202. The molecule has 4 N–H and O–H groups in total. The van der Waals surface area contributed by atoms with Crippen LogP contribution in [-0.2, 0) is 36.9 Å². The second-order valence-electron chi connectivity index (χ2n) is 1.70. The van der Waals surface area contributed by atoms with E-state index >= 15 is 0 Å². The zero-order chi connectivity index (χ0) is 9.40. The first kappa shape index (κ1) is 18.8. The molecule has 7 heteroatoms. The monoisotopic (exact) mass is 303 g/mol. The molecule has 1 heterocycles. The molecule has 0 spiro atoms. The maximum Gasteiger partial charge on any atom is 0.314 e. The van der Waals surface area contributed by atoms with Crippen LogP contribution in [0.5, 0.6) is 0 Å². The summed E-state index contributed by atoms with van der Waals surface area (Å²) in [7, 11) is 0. The summed E-state index contributed by atoms with van der Waals surface area (Å²) in [6.07, 6.45) is 3.25. The molecule has 0 aromatic carbocycles. The van der Waals surface area contributed by atoms with E-state index in [-0.39, 0.29) is 32.8 Å². The third-order valence-electron chi connectivity index (χ3n) is 0.681. The number of furan rings is 1. The van der Waals surface area contributed by atoms with E-state index in [2.05, 4.69) is 10.7 Å². The number of hydrogen-bond donors (Lipinski definition) is 2. The molecule has 76 valence electrons. The van der Waals surface area contributed by atoms with Crippen molar-refractivity contribution in [3.8, 4) is 0 Å². The summed E-state index contributed by atoms with van der Waals surface area (Å²) in [5, 5.41) is 15.4. The molecule has 1 aromatic rings. The molecule has 0 amide bonds. The Morgan fingerprint density at radius 1 is 1.29 bits per heavy atom. The van der Waals surface area contributed by atoms with Crippen molar-refractivity contribution in [2.24, 2.45) is 0 Å². The van der Waals surface area contributed by atoms with Gasteiger partial charge in [0.15, 0.2) is 0 Å². The Morgan fingerprint density at radius 3 is 1.86 bits per heavy atom. The first-order valence-electron chi connectivity index (χ1n) is 2.96. The molecular weight excluding hydrogens is 292 g/mol. The maximum atomic E-state index is 9.43. The molecule has 0 bridgehead atoms. The molecule has 0 aliphatic carbocycles. The second kappa shape index (κ2) is 12.1. The van der Waals surface area contributed by atoms with E-state index in [0.29, 0.717) is 0 Å². The Hall–Kier alpha value is -0.898. The van der Waals surface area contributed by atoms with Crippen LogP contribution in [0.3, 0.4) is 0 Å². The van der Waals surface area contributed by atoms with Gasteiger partial charge in [0.05, 0.1) is 0 Å². The van der Waals surface area contributed by atoms with E-state index in [0.717, 1.165) is 0 Å². The van der Waals surface area contributed by atoms with Crippen LogP contribution in [0.2, 0.25) is 0 Å². The Bertz CT molecular complexity index is 203. The van der Waals surface area contributed by atoms with Crippen molar-refractivity contribution in [3.63, 3.8) is 0 Å². The van der Waals surface area contributed by atoms with Crippen molar-refractivity contribution in [2.75, 3.05) is 0 Å². The van der Waals surface area contributed by atoms with E-state index in [1.807, 2.05) is 0 Å². The van der Waals surface area contributed by atoms with Crippen molar-refractivity contribution in [1.82, 2.24) is 0 Å². The summed E-state index contributed by atoms with van der Waals surface area (Å²) >= 11 is 0. The molecule has 0 aliphatic heterocycles. The SMILES string of the molecule is O.O=C(O)CC(=O)O.[Cd].[c-]1ccco1. The summed E-state index contributed by atoms with van der Waals surface area (Å²) < 4.78 is 4.46. The Morgan fingerprint density at radius 2 is 1.79 bits per heavy atom. The third kappa shape index (κ3) is 17.3. The topological polar surface area (TPSA) is 119 Å². The first-order chi connectivity index (χ1) is 5.63. The molecule has 0 fully saturated rings. The first-order valence-corrected chi connectivity index (χ1v) is 2.96. The Balaban J connectivity index is -0.000000155. The van der Waals surface area contributed by atoms with Gasteiger partial charge < -0.3 is 20.1 Å². The van der Waals surface area contributed by atoms with Gasteiger partial charge in [-0.1, -0.05) is 6.26 Å². The van der Waals surface area contributed by atoms with Crippen LogP contribution < -0.4 is 0 Å². The van der Waals surface area contributed by atoms with Gasteiger partial charge in [0.2, 0.25) is 0 Å². The van der Waals surface area contributed by atoms with Gasteiger partial charge in [-0.05, 0) is 6.26 Å². The summed E-state index contributed by atoms with van der Waals surface area (Å²) in [4.78, 5) is 18.9. The molecule has 1 aromatic heterocycles. The number of hydrogen-bond acceptors (Lipinski definition) is 3. The van der Waals surface area contributed by atoms with Crippen LogP contribution in [0, 0.1) is 6.26 Å². The molecule has 6 nitrogen and oxygen atoms in total. The largest absolute Gasteiger partial charge is 0.599 e. The summed E-state index contributed by atoms with van der Waals surface area (Å²) in [5.41, 5.74) is 0. The van der Waals surface area contributed by atoms with Crippen molar-refractivity contribution in [1.29, 1.82) is 0 Å². The number of aliphatic carboxylic acids is 2. The fourth-order valence-electron chi connectivity index (χ4n) is 0.326. The minimum Gasteiger partial charge on any atom is -0.599 e. The normalized spacial score (nSPS) is 6.86. The molecule has 0 saturated heterocycles. The van der Waals surface area contributed by atoms with E-state index in [1.165, 1.54) is 0 Å².